The molecule has 5 rings (SSSR count). The monoisotopic (exact) mass is 500 g/mol. The van der Waals surface area contributed by atoms with Gasteiger partial charge in [-0.2, -0.15) is 5.26 Å². The van der Waals surface area contributed by atoms with Crippen molar-refractivity contribution in [1.29, 1.82) is 5.26 Å². The third kappa shape index (κ3) is 3.57. The highest BCUT2D eigenvalue weighted by molar-refractivity contribution is 6.30. The molecule has 0 radical (unpaired) electrons. The van der Waals surface area contributed by atoms with Gasteiger partial charge in [-0.3, -0.25) is 0 Å². The molecule has 0 aliphatic carbocycles. The van der Waals surface area contributed by atoms with E-state index in [0.29, 0.717) is 16.5 Å². The van der Waals surface area contributed by atoms with Gasteiger partial charge in [0, 0.05) is 35.8 Å². The van der Waals surface area contributed by atoms with Gasteiger partial charge in [-0.05, 0) is 57.0 Å². The van der Waals surface area contributed by atoms with Crippen LogP contribution in [0.25, 0.3) is 21.9 Å². The molecule has 36 heavy (non-hydrogen) atoms. The van der Waals surface area contributed by atoms with Gasteiger partial charge in [0.05, 0.1) is 22.4 Å². The van der Waals surface area contributed by atoms with Gasteiger partial charge in [-0.25, -0.2) is 9.78 Å². The number of hydrogen-bond donors (Lipinski definition) is 1. The minimum absolute atomic E-state index is 0.0770. The van der Waals surface area contributed by atoms with E-state index in [2.05, 4.69) is 29.8 Å². The standard InChI is InChI=1S/C28H25ClN4O3/c1-5-33(6-2)16-9-10-17-21(11-16)35-28(34)23-22(20(13-30)27(31)36-25(17)23)19-12-18-14(3)7-8-15(4)24(18)32-26(19)29/h7-12,22H,5-6,31H2,1-4H3/t22-/m1/s1. The molecule has 1 atom stereocenters. The number of anilines is 1. The molecule has 0 saturated heterocycles. The fraction of sp³-hybridized carbons (Fsp3) is 0.250. The molecular formula is C28H25ClN4O3. The highest BCUT2D eigenvalue weighted by Crippen LogP contribution is 2.46. The summed E-state index contributed by atoms with van der Waals surface area (Å²) in [5, 5.41) is 11.7. The Hall–Kier alpha value is -4.02. The van der Waals surface area contributed by atoms with E-state index in [4.69, 9.17) is 26.5 Å². The van der Waals surface area contributed by atoms with E-state index in [-0.39, 0.29) is 27.9 Å². The maximum Gasteiger partial charge on any atom is 0.344 e. The van der Waals surface area contributed by atoms with Crippen molar-refractivity contribution in [2.75, 3.05) is 18.0 Å². The third-order valence-electron chi connectivity index (χ3n) is 6.88. The van der Waals surface area contributed by atoms with Crippen LogP contribution in [0.15, 0.2) is 57.1 Å². The first-order chi connectivity index (χ1) is 17.3. The molecule has 0 spiro atoms. The first-order valence-corrected chi connectivity index (χ1v) is 12.2. The topological polar surface area (TPSA) is 105 Å². The predicted octanol–water partition coefficient (Wildman–Crippen LogP) is 5.68. The molecule has 2 aromatic carbocycles. The maximum absolute atomic E-state index is 13.4. The van der Waals surface area contributed by atoms with Crippen LogP contribution in [-0.4, -0.2) is 18.1 Å². The van der Waals surface area contributed by atoms with Gasteiger partial charge in [0.25, 0.3) is 0 Å². The number of fused-ring (bicyclic) bond motifs is 4. The molecule has 1 aliphatic heterocycles. The Labute approximate surface area is 213 Å². The Bertz CT molecular complexity index is 1680. The van der Waals surface area contributed by atoms with Crippen LogP contribution in [-0.2, 0) is 0 Å². The molecule has 0 saturated carbocycles. The van der Waals surface area contributed by atoms with Crippen LogP contribution >= 0.6 is 11.6 Å². The number of aromatic nitrogens is 1. The summed E-state index contributed by atoms with van der Waals surface area (Å²) in [6.07, 6.45) is 0. The molecule has 2 aromatic heterocycles. The first-order valence-electron chi connectivity index (χ1n) is 11.8. The SMILES string of the molecule is CCN(CC)c1ccc2c3c(c(=O)oc2c1)[C@H](c1cc2c(C)ccc(C)c2nc1Cl)C(C#N)=C(N)O3. The number of benzene rings is 2. The van der Waals surface area contributed by atoms with Crippen LogP contribution in [0, 0.1) is 25.2 Å². The van der Waals surface area contributed by atoms with Gasteiger partial charge >= 0.3 is 5.63 Å². The summed E-state index contributed by atoms with van der Waals surface area (Å²) in [6.45, 7) is 9.67. The number of hydrogen-bond acceptors (Lipinski definition) is 7. The lowest BCUT2D eigenvalue weighted by molar-refractivity contribution is 0.388. The summed E-state index contributed by atoms with van der Waals surface area (Å²) >= 11 is 6.69. The highest BCUT2D eigenvalue weighted by atomic mass is 35.5. The maximum atomic E-state index is 13.4. The molecule has 4 aromatic rings. The molecule has 1 aliphatic rings. The summed E-state index contributed by atoms with van der Waals surface area (Å²) in [7, 11) is 0. The molecule has 8 heteroatoms. The number of ether oxygens (including phenoxy) is 1. The van der Waals surface area contributed by atoms with E-state index >= 15 is 0 Å². The Morgan fingerprint density at radius 1 is 1.11 bits per heavy atom. The molecule has 182 valence electrons. The van der Waals surface area contributed by atoms with Crippen LogP contribution in [0.3, 0.4) is 0 Å². The Morgan fingerprint density at radius 3 is 2.53 bits per heavy atom. The van der Waals surface area contributed by atoms with Crippen LogP contribution in [0.1, 0.15) is 42.0 Å². The summed E-state index contributed by atoms with van der Waals surface area (Å²) in [6, 6.07) is 13.6. The number of nitrogens with two attached hydrogens (primary N) is 1. The molecule has 0 bridgehead atoms. The second kappa shape index (κ2) is 8.89. The highest BCUT2D eigenvalue weighted by Gasteiger charge is 2.37. The van der Waals surface area contributed by atoms with Crippen LogP contribution in [0.2, 0.25) is 5.15 Å². The van der Waals surface area contributed by atoms with Crippen molar-refractivity contribution in [3.05, 3.63) is 85.7 Å². The Kier molecular flexibility index (Phi) is 5.85. The van der Waals surface area contributed by atoms with E-state index in [1.54, 1.807) is 0 Å². The number of halogens is 1. The van der Waals surface area contributed by atoms with Crippen molar-refractivity contribution in [3.8, 4) is 11.8 Å². The van der Waals surface area contributed by atoms with Gasteiger partial charge in [0.2, 0.25) is 5.88 Å². The van der Waals surface area contributed by atoms with E-state index in [1.165, 1.54) is 0 Å². The van der Waals surface area contributed by atoms with Gasteiger partial charge < -0.3 is 19.8 Å². The lowest BCUT2D eigenvalue weighted by atomic mass is 9.83. The Balaban J connectivity index is 1.81. The largest absolute Gasteiger partial charge is 0.439 e. The number of pyridine rings is 1. The quantitative estimate of drug-likeness (QED) is 0.284. The fourth-order valence-electron chi connectivity index (χ4n) is 4.93. The molecule has 0 fully saturated rings. The molecular weight excluding hydrogens is 476 g/mol. The van der Waals surface area contributed by atoms with Crippen molar-refractivity contribution in [1.82, 2.24) is 4.98 Å². The van der Waals surface area contributed by atoms with Crippen molar-refractivity contribution in [3.63, 3.8) is 0 Å². The second-order valence-corrected chi connectivity index (χ2v) is 9.23. The van der Waals surface area contributed by atoms with Crippen LogP contribution < -0.4 is 21.0 Å². The zero-order valence-corrected chi connectivity index (χ0v) is 21.2. The summed E-state index contributed by atoms with van der Waals surface area (Å²) < 4.78 is 11.7. The van der Waals surface area contributed by atoms with E-state index in [9.17, 15) is 10.1 Å². The van der Waals surface area contributed by atoms with Crippen molar-refractivity contribution in [2.45, 2.75) is 33.6 Å². The molecule has 2 N–H and O–H groups in total. The summed E-state index contributed by atoms with van der Waals surface area (Å²) in [4.78, 5) is 20.2. The minimum Gasteiger partial charge on any atom is -0.439 e. The zero-order chi connectivity index (χ0) is 25.7. The van der Waals surface area contributed by atoms with Crippen molar-refractivity contribution in [2.24, 2.45) is 5.73 Å². The number of nitriles is 1. The molecule has 0 unspecified atom stereocenters. The number of rotatable bonds is 4. The summed E-state index contributed by atoms with van der Waals surface area (Å²) in [5.41, 5.74) is 10.4. The van der Waals surface area contributed by atoms with E-state index in [1.807, 2.05) is 50.2 Å². The number of allylic oxidation sites excluding steroid dienone is 1. The first kappa shape index (κ1) is 23.7. The average Bonchev–Trinajstić information content (AvgIpc) is 2.86. The lowest BCUT2D eigenvalue weighted by Gasteiger charge is -2.27. The van der Waals surface area contributed by atoms with Crippen molar-refractivity contribution >= 4 is 39.2 Å². The third-order valence-corrected chi connectivity index (χ3v) is 7.18. The normalized spacial score (nSPS) is 15.1. The van der Waals surface area contributed by atoms with Crippen LogP contribution in [0.4, 0.5) is 5.69 Å². The van der Waals surface area contributed by atoms with Crippen LogP contribution in [0.5, 0.6) is 5.75 Å². The zero-order valence-electron chi connectivity index (χ0n) is 20.5. The smallest absolute Gasteiger partial charge is 0.344 e. The minimum atomic E-state index is -0.883. The molecule has 0 amide bonds. The Morgan fingerprint density at radius 2 is 1.83 bits per heavy atom. The number of nitrogens with zero attached hydrogens (tertiary/aromatic N) is 3. The predicted molar refractivity (Wildman–Crippen MR) is 142 cm³/mol. The summed E-state index contributed by atoms with van der Waals surface area (Å²) in [5.74, 6) is -0.691. The fourth-order valence-corrected chi connectivity index (χ4v) is 5.18. The number of aryl methyl sites for hydroxylation is 2. The average molecular weight is 501 g/mol. The van der Waals surface area contributed by atoms with Gasteiger partial charge in [0.15, 0.2) is 5.75 Å². The van der Waals surface area contributed by atoms with Gasteiger partial charge in [-0.1, -0.05) is 23.7 Å². The molecule has 3 heterocycles. The lowest BCUT2D eigenvalue weighted by Crippen LogP contribution is -2.27. The molecule has 7 nitrogen and oxygen atoms in total. The van der Waals surface area contributed by atoms with Gasteiger partial charge in [-0.15, -0.1) is 0 Å². The van der Waals surface area contributed by atoms with E-state index < -0.39 is 11.5 Å². The van der Waals surface area contributed by atoms with Crippen molar-refractivity contribution < 1.29 is 9.15 Å². The second-order valence-electron chi connectivity index (χ2n) is 8.87. The van der Waals surface area contributed by atoms with Gasteiger partial charge in [0.1, 0.15) is 22.4 Å². The van der Waals surface area contributed by atoms with E-state index in [0.717, 1.165) is 40.8 Å².